The molecule has 0 aromatic heterocycles. The molecule has 0 bridgehead atoms. The van der Waals surface area contributed by atoms with Crippen molar-refractivity contribution in [2.24, 2.45) is 0 Å². The Morgan fingerprint density at radius 1 is 1.25 bits per heavy atom. The van der Waals surface area contributed by atoms with Gasteiger partial charge in [-0.15, -0.1) is 0 Å². The lowest BCUT2D eigenvalue weighted by Gasteiger charge is -2.26. The normalized spacial score (nSPS) is 18.7. The average Bonchev–Trinajstić information content (AvgIpc) is 2.41. The molecule has 6 nitrogen and oxygen atoms in total. The highest BCUT2D eigenvalue weighted by molar-refractivity contribution is 7.91. The van der Waals surface area contributed by atoms with Crippen LogP contribution in [0.4, 0.5) is 0 Å². The van der Waals surface area contributed by atoms with Gasteiger partial charge < -0.3 is 14.8 Å². The van der Waals surface area contributed by atoms with Gasteiger partial charge in [0, 0.05) is 19.6 Å². The van der Waals surface area contributed by atoms with Crippen molar-refractivity contribution < 1.29 is 23.2 Å². The molecule has 1 saturated heterocycles. The molecule has 1 aromatic carbocycles. The Morgan fingerprint density at radius 3 is 2.60 bits per heavy atom. The minimum Gasteiger partial charge on any atom is -0.492 e. The van der Waals surface area contributed by atoms with E-state index < -0.39 is 17.0 Å². The van der Waals surface area contributed by atoms with E-state index >= 15 is 0 Å². The number of hydrogen-bond donors (Lipinski definition) is 2. The summed E-state index contributed by atoms with van der Waals surface area (Å²) in [6.07, 6.45) is 0. The van der Waals surface area contributed by atoms with Crippen molar-refractivity contribution in [2.75, 3.05) is 37.7 Å². The number of hydrogen-bond acceptors (Lipinski definition) is 6. The third-order valence-corrected chi connectivity index (χ3v) is 4.88. The third-order valence-electron chi connectivity index (χ3n) is 3.27. The smallest absolute Gasteiger partial charge is 0.488 e. The number of rotatable bonds is 5. The van der Waals surface area contributed by atoms with Gasteiger partial charge in [0.15, 0.2) is 9.84 Å². The quantitative estimate of drug-likeness (QED) is 0.642. The monoisotopic (exact) mass is 299 g/mol. The minimum absolute atomic E-state index is 0.208. The molecule has 1 heterocycles. The van der Waals surface area contributed by atoms with E-state index in [9.17, 15) is 8.42 Å². The lowest BCUT2D eigenvalue weighted by molar-refractivity contribution is 0.219. The van der Waals surface area contributed by atoms with Gasteiger partial charge in [-0.3, -0.25) is 4.90 Å². The summed E-state index contributed by atoms with van der Waals surface area (Å²) in [6.45, 7) is 2.18. The summed E-state index contributed by atoms with van der Waals surface area (Å²) in [5.74, 6) is 0.985. The molecule has 20 heavy (non-hydrogen) atoms. The van der Waals surface area contributed by atoms with Crippen LogP contribution < -0.4 is 10.2 Å². The Labute approximate surface area is 119 Å². The zero-order valence-electron chi connectivity index (χ0n) is 11.1. The van der Waals surface area contributed by atoms with Gasteiger partial charge in [-0.2, -0.15) is 0 Å². The summed E-state index contributed by atoms with van der Waals surface area (Å²) in [5.41, 5.74) is 0.381. The van der Waals surface area contributed by atoms with Crippen LogP contribution in [0.1, 0.15) is 0 Å². The van der Waals surface area contributed by atoms with Crippen LogP contribution in [-0.2, 0) is 9.84 Å². The van der Waals surface area contributed by atoms with Crippen LogP contribution in [0.2, 0.25) is 0 Å². The molecule has 0 radical (unpaired) electrons. The van der Waals surface area contributed by atoms with Crippen LogP contribution >= 0.6 is 0 Å². The van der Waals surface area contributed by atoms with Crippen molar-refractivity contribution in [1.29, 1.82) is 0 Å². The molecular weight excluding hydrogens is 281 g/mol. The molecule has 1 aliphatic rings. The standard InChI is InChI=1S/C12H18BNO5S/c15-13(16)11-2-1-3-12(10-11)19-7-4-14-5-8-20(17,18)9-6-14/h1-3,10,15-16H,4-9H2. The number of benzene rings is 1. The highest BCUT2D eigenvalue weighted by Gasteiger charge is 2.21. The molecule has 1 aromatic rings. The van der Waals surface area contributed by atoms with Crippen LogP contribution in [0.3, 0.4) is 0 Å². The first-order valence-electron chi connectivity index (χ1n) is 6.48. The second-order valence-corrected chi connectivity index (χ2v) is 7.09. The molecular formula is C12H18BNO5S. The second kappa shape index (κ2) is 6.58. The van der Waals surface area contributed by atoms with Gasteiger partial charge in [0.25, 0.3) is 0 Å². The van der Waals surface area contributed by atoms with Gasteiger partial charge in [-0.1, -0.05) is 12.1 Å². The minimum atomic E-state index is -2.85. The highest BCUT2D eigenvalue weighted by atomic mass is 32.2. The lowest BCUT2D eigenvalue weighted by atomic mass is 9.80. The van der Waals surface area contributed by atoms with Crippen molar-refractivity contribution in [3.05, 3.63) is 24.3 Å². The van der Waals surface area contributed by atoms with Gasteiger partial charge in [0.05, 0.1) is 11.5 Å². The predicted octanol–water partition coefficient (Wildman–Crippen LogP) is -1.52. The maximum absolute atomic E-state index is 11.3. The Hall–Kier alpha value is -1.09. The highest BCUT2D eigenvalue weighted by Crippen LogP contribution is 2.08. The van der Waals surface area contributed by atoms with Gasteiger partial charge in [0.2, 0.25) is 0 Å². The van der Waals surface area contributed by atoms with E-state index in [1.165, 1.54) is 0 Å². The summed E-state index contributed by atoms with van der Waals surface area (Å²) in [7, 11) is -4.35. The molecule has 1 fully saturated rings. The molecule has 0 aliphatic carbocycles. The number of ether oxygens (including phenoxy) is 1. The van der Waals surface area contributed by atoms with Gasteiger partial charge in [0.1, 0.15) is 12.4 Å². The zero-order chi connectivity index (χ0) is 14.6. The van der Waals surface area contributed by atoms with E-state index in [4.69, 9.17) is 14.8 Å². The molecule has 0 spiro atoms. The van der Waals surface area contributed by atoms with E-state index in [0.29, 0.717) is 37.5 Å². The fraction of sp³-hybridized carbons (Fsp3) is 0.500. The predicted molar refractivity (Wildman–Crippen MR) is 76.9 cm³/mol. The van der Waals surface area contributed by atoms with Crippen molar-refractivity contribution in [2.45, 2.75) is 0 Å². The van der Waals surface area contributed by atoms with Crippen molar-refractivity contribution >= 4 is 22.4 Å². The summed E-state index contributed by atoms with van der Waals surface area (Å²) >= 11 is 0. The number of nitrogens with zero attached hydrogens (tertiary/aromatic N) is 1. The van der Waals surface area contributed by atoms with E-state index in [0.717, 1.165) is 0 Å². The average molecular weight is 299 g/mol. The fourth-order valence-corrected chi connectivity index (χ4v) is 3.31. The SMILES string of the molecule is O=S1(=O)CCN(CCOc2cccc(B(O)O)c2)CC1. The molecule has 110 valence electrons. The maximum atomic E-state index is 11.3. The molecule has 2 N–H and O–H groups in total. The number of sulfone groups is 1. The largest absolute Gasteiger partial charge is 0.492 e. The lowest BCUT2D eigenvalue weighted by Crippen LogP contribution is -2.42. The van der Waals surface area contributed by atoms with Crippen LogP contribution in [0.15, 0.2) is 24.3 Å². The van der Waals surface area contributed by atoms with E-state index in [1.807, 2.05) is 4.90 Å². The first-order valence-corrected chi connectivity index (χ1v) is 8.30. The summed E-state index contributed by atoms with van der Waals surface area (Å²) in [5, 5.41) is 18.1. The summed E-state index contributed by atoms with van der Waals surface area (Å²) in [6, 6.07) is 6.61. The van der Waals surface area contributed by atoms with E-state index in [1.54, 1.807) is 24.3 Å². The van der Waals surface area contributed by atoms with Crippen LogP contribution in [-0.4, -0.2) is 68.2 Å². The Bertz CT molecular complexity index is 535. The third kappa shape index (κ3) is 4.48. The molecule has 2 rings (SSSR count). The fourth-order valence-electron chi connectivity index (χ4n) is 2.03. The first kappa shape index (κ1) is 15.3. The Kier molecular flexibility index (Phi) is 5.03. The van der Waals surface area contributed by atoms with Crippen molar-refractivity contribution in [1.82, 2.24) is 4.90 Å². The molecule has 0 saturated carbocycles. The molecule has 8 heteroatoms. The van der Waals surface area contributed by atoms with E-state index in [2.05, 4.69) is 0 Å². The van der Waals surface area contributed by atoms with Crippen LogP contribution in [0.25, 0.3) is 0 Å². The van der Waals surface area contributed by atoms with Gasteiger partial charge in [-0.25, -0.2) is 8.42 Å². The van der Waals surface area contributed by atoms with Crippen molar-refractivity contribution in [3.8, 4) is 5.75 Å². The topological polar surface area (TPSA) is 87.1 Å². The molecule has 0 unspecified atom stereocenters. The summed E-state index contributed by atoms with van der Waals surface area (Å²) in [4.78, 5) is 2.05. The maximum Gasteiger partial charge on any atom is 0.488 e. The zero-order valence-corrected chi connectivity index (χ0v) is 11.9. The Balaban J connectivity index is 1.77. The van der Waals surface area contributed by atoms with Gasteiger partial charge in [-0.05, 0) is 17.6 Å². The van der Waals surface area contributed by atoms with Crippen molar-refractivity contribution in [3.63, 3.8) is 0 Å². The van der Waals surface area contributed by atoms with E-state index in [-0.39, 0.29) is 11.5 Å². The van der Waals surface area contributed by atoms with Gasteiger partial charge >= 0.3 is 7.12 Å². The van der Waals surface area contributed by atoms with Crippen LogP contribution in [0.5, 0.6) is 5.75 Å². The molecule has 0 atom stereocenters. The summed E-state index contributed by atoms with van der Waals surface area (Å²) < 4.78 is 28.1. The first-order chi connectivity index (χ1) is 9.46. The molecule has 0 amide bonds. The molecule has 1 aliphatic heterocycles. The second-order valence-electron chi connectivity index (χ2n) is 4.79. The Morgan fingerprint density at radius 2 is 1.95 bits per heavy atom. The van der Waals surface area contributed by atoms with Crippen LogP contribution in [0, 0.1) is 0 Å².